The normalized spacial score (nSPS) is 16.8. The Morgan fingerprint density at radius 2 is 1.96 bits per heavy atom. The van der Waals surface area contributed by atoms with Gasteiger partial charge in [0.25, 0.3) is 0 Å². The fourth-order valence-corrected chi connectivity index (χ4v) is 4.99. The summed E-state index contributed by atoms with van der Waals surface area (Å²) in [5.41, 5.74) is 2.59. The van der Waals surface area contributed by atoms with Gasteiger partial charge in [-0.25, -0.2) is 8.42 Å². The lowest BCUT2D eigenvalue weighted by atomic mass is 10.1. The molecule has 0 aromatic heterocycles. The highest BCUT2D eigenvalue weighted by molar-refractivity contribution is 9.10. The number of hydrogen-bond acceptors (Lipinski definition) is 3. The van der Waals surface area contributed by atoms with Gasteiger partial charge in [-0.2, -0.15) is 4.31 Å². The molecule has 0 fully saturated rings. The molecule has 2 aromatic carbocycles. The van der Waals surface area contributed by atoms with Crippen LogP contribution in [0.1, 0.15) is 25.0 Å². The molecule has 7 heteroatoms. The Morgan fingerprint density at radius 1 is 1.27 bits per heavy atom. The summed E-state index contributed by atoms with van der Waals surface area (Å²) in [5.74, 6) is -0.0297. The molecule has 1 atom stereocenters. The van der Waals surface area contributed by atoms with E-state index in [0.717, 1.165) is 21.3 Å². The Morgan fingerprint density at radius 3 is 2.62 bits per heavy atom. The van der Waals surface area contributed by atoms with Gasteiger partial charge in [0.05, 0.1) is 4.90 Å². The maximum atomic E-state index is 13.0. The molecule has 138 valence electrons. The van der Waals surface area contributed by atoms with Crippen molar-refractivity contribution in [2.45, 2.75) is 37.8 Å². The van der Waals surface area contributed by atoms with Gasteiger partial charge in [0.1, 0.15) is 0 Å². The maximum Gasteiger partial charge on any atom is 0.243 e. The maximum absolute atomic E-state index is 13.0. The number of carbonyl (C=O) groups excluding carboxylic acids is 1. The molecule has 5 nitrogen and oxygen atoms in total. The van der Waals surface area contributed by atoms with E-state index in [9.17, 15) is 13.2 Å². The van der Waals surface area contributed by atoms with Gasteiger partial charge in [0.15, 0.2) is 0 Å². The largest absolute Gasteiger partial charge is 0.309 e. The lowest BCUT2D eigenvalue weighted by Crippen LogP contribution is -2.33. The van der Waals surface area contributed by atoms with Crippen LogP contribution in [0, 0.1) is 0 Å². The molecule has 1 unspecified atom stereocenters. The molecule has 3 rings (SSSR count). The summed E-state index contributed by atoms with van der Waals surface area (Å²) in [4.78, 5) is 13.8. The van der Waals surface area contributed by atoms with Crippen molar-refractivity contribution in [3.63, 3.8) is 0 Å². The van der Waals surface area contributed by atoms with Crippen LogP contribution in [0.5, 0.6) is 0 Å². The first-order chi connectivity index (χ1) is 12.2. The highest BCUT2D eigenvalue weighted by Gasteiger charge is 2.31. The van der Waals surface area contributed by atoms with Gasteiger partial charge in [-0.1, -0.05) is 34.1 Å². The van der Waals surface area contributed by atoms with E-state index >= 15 is 0 Å². The number of sulfonamides is 1. The molecule has 0 N–H and O–H groups in total. The Labute approximate surface area is 162 Å². The molecule has 1 heterocycles. The van der Waals surface area contributed by atoms with Gasteiger partial charge in [0.2, 0.25) is 15.9 Å². The van der Waals surface area contributed by atoms with E-state index in [4.69, 9.17) is 0 Å². The molecule has 0 spiro atoms. The standard InChI is InChI=1S/C19H21BrN2O3S/c1-13-10-16-11-17(8-9-19(16)22(13)14(2)23)26(24,25)21(3)12-15-6-4-5-7-18(15)20/h4-9,11,13H,10,12H2,1-3H3. The monoisotopic (exact) mass is 436 g/mol. The molecule has 1 aliphatic rings. The SMILES string of the molecule is CC(=O)N1c2ccc(S(=O)(=O)N(C)Cc3ccccc3Br)cc2CC1C. The van der Waals surface area contributed by atoms with Gasteiger partial charge in [-0.3, -0.25) is 4.79 Å². The average molecular weight is 437 g/mol. The Bertz CT molecular complexity index is 959. The number of amides is 1. The third-order valence-electron chi connectivity index (χ3n) is 4.66. The first kappa shape index (κ1) is 19.1. The van der Waals surface area contributed by atoms with Crippen LogP contribution in [0.2, 0.25) is 0 Å². The predicted octanol–water partition coefficient (Wildman–Crippen LogP) is 3.57. The van der Waals surface area contributed by atoms with Crippen LogP contribution in [0.15, 0.2) is 51.8 Å². The summed E-state index contributed by atoms with van der Waals surface area (Å²) in [6.07, 6.45) is 0.659. The highest BCUT2D eigenvalue weighted by atomic mass is 79.9. The zero-order valence-corrected chi connectivity index (χ0v) is 17.3. The minimum absolute atomic E-state index is 0.0297. The van der Waals surface area contributed by atoms with E-state index in [0.29, 0.717) is 6.42 Å². The first-order valence-electron chi connectivity index (χ1n) is 8.34. The molecular weight excluding hydrogens is 416 g/mol. The predicted molar refractivity (Wildman–Crippen MR) is 106 cm³/mol. The number of carbonyl (C=O) groups is 1. The number of benzene rings is 2. The molecule has 0 bridgehead atoms. The van der Waals surface area contributed by atoms with Gasteiger partial charge in [-0.15, -0.1) is 0 Å². The summed E-state index contributed by atoms with van der Waals surface area (Å²) in [7, 11) is -2.05. The Hall–Kier alpha value is -1.70. The van der Waals surface area contributed by atoms with Crippen LogP contribution in [-0.4, -0.2) is 31.7 Å². The van der Waals surface area contributed by atoms with Crippen LogP contribution in [0.4, 0.5) is 5.69 Å². The minimum Gasteiger partial charge on any atom is -0.309 e. The van der Waals surface area contributed by atoms with Gasteiger partial charge < -0.3 is 4.90 Å². The zero-order chi connectivity index (χ0) is 19.1. The number of hydrogen-bond donors (Lipinski definition) is 0. The van der Waals surface area contributed by atoms with E-state index in [1.807, 2.05) is 31.2 Å². The lowest BCUT2D eigenvalue weighted by Gasteiger charge is -2.21. The van der Waals surface area contributed by atoms with Crippen molar-refractivity contribution in [3.8, 4) is 0 Å². The van der Waals surface area contributed by atoms with Crippen molar-refractivity contribution in [1.82, 2.24) is 4.31 Å². The average Bonchev–Trinajstić information content (AvgIpc) is 2.91. The number of fused-ring (bicyclic) bond motifs is 1. The van der Waals surface area contributed by atoms with E-state index in [1.165, 1.54) is 11.2 Å². The molecule has 0 radical (unpaired) electrons. The summed E-state index contributed by atoms with van der Waals surface area (Å²) < 4.78 is 28.2. The summed E-state index contributed by atoms with van der Waals surface area (Å²) in [6.45, 7) is 3.77. The fraction of sp³-hybridized carbons (Fsp3) is 0.316. The highest BCUT2D eigenvalue weighted by Crippen LogP contribution is 2.34. The van der Waals surface area contributed by atoms with Crippen LogP contribution >= 0.6 is 15.9 Å². The molecular formula is C19H21BrN2O3S. The van der Waals surface area contributed by atoms with E-state index in [1.54, 1.807) is 30.1 Å². The summed E-state index contributed by atoms with van der Waals surface area (Å²) in [5, 5.41) is 0. The second-order valence-electron chi connectivity index (χ2n) is 6.59. The van der Waals surface area contributed by atoms with Crippen molar-refractivity contribution >= 4 is 37.5 Å². The number of anilines is 1. The van der Waals surface area contributed by atoms with Gasteiger partial charge >= 0.3 is 0 Å². The molecule has 0 aliphatic carbocycles. The van der Waals surface area contributed by atoms with Gasteiger partial charge in [-0.05, 0) is 48.7 Å². The molecule has 1 amide bonds. The van der Waals surface area contributed by atoms with Crippen molar-refractivity contribution < 1.29 is 13.2 Å². The number of rotatable bonds is 4. The third-order valence-corrected chi connectivity index (χ3v) is 7.24. The molecule has 1 aliphatic heterocycles. The topological polar surface area (TPSA) is 57.7 Å². The van der Waals surface area contributed by atoms with Crippen LogP contribution in [-0.2, 0) is 27.8 Å². The van der Waals surface area contributed by atoms with Crippen LogP contribution in [0.25, 0.3) is 0 Å². The van der Waals surface area contributed by atoms with Gasteiger partial charge in [0, 0.05) is 36.7 Å². The van der Waals surface area contributed by atoms with E-state index in [-0.39, 0.29) is 23.4 Å². The molecule has 26 heavy (non-hydrogen) atoms. The quantitative estimate of drug-likeness (QED) is 0.735. The van der Waals surface area contributed by atoms with E-state index in [2.05, 4.69) is 15.9 Å². The van der Waals surface area contributed by atoms with Crippen molar-refractivity contribution in [1.29, 1.82) is 0 Å². The summed E-state index contributed by atoms with van der Waals surface area (Å²) >= 11 is 3.46. The lowest BCUT2D eigenvalue weighted by molar-refractivity contribution is -0.116. The number of halogens is 1. The van der Waals surface area contributed by atoms with Crippen LogP contribution in [0.3, 0.4) is 0 Å². The third kappa shape index (κ3) is 3.43. The van der Waals surface area contributed by atoms with Crippen molar-refractivity contribution in [2.24, 2.45) is 0 Å². The van der Waals surface area contributed by atoms with E-state index < -0.39 is 10.0 Å². The van der Waals surface area contributed by atoms with Crippen molar-refractivity contribution in [3.05, 3.63) is 58.1 Å². The molecule has 0 saturated heterocycles. The first-order valence-corrected chi connectivity index (χ1v) is 10.6. The summed E-state index contributed by atoms with van der Waals surface area (Å²) in [6, 6.07) is 12.6. The van der Waals surface area contributed by atoms with Crippen LogP contribution < -0.4 is 4.90 Å². The smallest absolute Gasteiger partial charge is 0.243 e. The molecule has 2 aromatic rings. The second-order valence-corrected chi connectivity index (χ2v) is 9.48. The Kier molecular flexibility index (Phi) is 5.23. The fourth-order valence-electron chi connectivity index (χ4n) is 3.38. The minimum atomic E-state index is -3.62. The second kappa shape index (κ2) is 7.13. The Balaban J connectivity index is 1.90. The molecule has 0 saturated carbocycles. The van der Waals surface area contributed by atoms with Crippen molar-refractivity contribution in [2.75, 3.05) is 11.9 Å². The zero-order valence-electron chi connectivity index (χ0n) is 14.9. The number of nitrogens with zero attached hydrogens (tertiary/aromatic N) is 2.